The third-order valence-corrected chi connectivity index (χ3v) is 4.33. The Hall–Kier alpha value is -2.34. The van der Waals surface area contributed by atoms with Gasteiger partial charge in [-0.25, -0.2) is 9.97 Å². The van der Waals surface area contributed by atoms with Gasteiger partial charge in [0.2, 0.25) is 0 Å². The van der Waals surface area contributed by atoms with Crippen LogP contribution in [-0.2, 0) is 19.5 Å². The topological polar surface area (TPSA) is 56.7 Å². The summed E-state index contributed by atoms with van der Waals surface area (Å²) in [6.07, 6.45) is 2.87. The quantitative estimate of drug-likeness (QED) is 0.839. The van der Waals surface area contributed by atoms with Gasteiger partial charge < -0.3 is 14.2 Å². The van der Waals surface area contributed by atoms with Gasteiger partial charge in [-0.2, -0.15) is 0 Å². The first-order chi connectivity index (χ1) is 11.6. The van der Waals surface area contributed by atoms with Gasteiger partial charge in [-0.3, -0.25) is 4.90 Å². The second-order valence-electron chi connectivity index (χ2n) is 5.86. The van der Waals surface area contributed by atoms with Crippen molar-refractivity contribution in [3.8, 4) is 17.2 Å². The number of aromatic nitrogens is 2. The zero-order chi connectivity index (χ0) is 17.1. The third kappa shape index (κ3) is 3.28. The Morgan fingerprint density at radius 1 is 1.08 bits per heavy atom. The van der Waals surface area contributed by atoms with Gasteiger partial charge in [0.1, 0.15) is 23.1 Å². The van der Waals surface area contributed by atoms with Crippen LogP contribution in [0.25, 0.3) is 0 Å². The van der Waals surface area contributed by atoms with E-state index in [1.807, 2.05) is 25.3 Å². The molecular weight excluding hydrogens is 306 g/mol. The first-order valence-corrected chi connectivity index (χ1v) is 7.97. The molecule has 2 aromatic rings. The number of rotatable bonds is 5. The molecule has 2 heterocycles. The van der Waals surface area contributed by atoms with E-state index in [0.29, 0.717) is 0 Å². The van der Waals surface area contributed by atoms with Crippen molar-refractivity contribution in [1.82, 2.24) is 14.9 Å². The fourth-order valence-corrected chi connectivity index (χ4v) is 3.07. The molecule has 6 nitrogen and oxygen atoms in total. The number of aryl methyl sites for hydroxylation is 1. The first-order valence-electron chi connectivity index (χ1n) is 7.97. The van der Waals surface area contributed by atoms with Crippen LogP contribution in [0.15, 0.2) is 18.3 Å². The number of fused-ring (bicyclic) bond motifs is 1. The van der Waals surface area contributed by atoms with Gasteiger partial charge >= 0.3 is 0 Å². The molecule has 0 N–H and O–H groups in total. The zero-order valence-electron chi connectivity index (χ0n) is 14.6. The van der Waals surface area contributed by atoms with Gasteiger partial charge in [-0.1, -0.05) is 0 Å². The highest BCUT2D eigenvalue weighted by Crippen LogP contribution is 2.35. The Bertz CT molecular complexity index is 708. The normalized spacial score (nSPS) is 14.2. The van der Waals surface area contributed by atoms with Crippen molar-refractivity contribution in [2.24, 2.45) is 0 Å². The Morgan fingerprint density at radius 2 is 1.79 bits per heavy atom. The van der Waals surface area contributed by atoms with E-state index in [1.165, 1.54) is 5.56 Å². The van der Waals surface area contributed by atoms with Gasteiger partial charge in [-0.05, 0) is 6.92 Å². The van der Waals surface area contributed by atoms with Crippen molar-refractivity contribution in [2.45, 2.75) is 26.4 Å². The molecule has 0 saturated heterocycles. The van der Waals surface area contributed by atoms with Gasteiger partial charge in [-0.15, -0.1) is 0 Å². The van der Waals surface area contributed by atoms with Crippen LogP contribution in [0.5, 0.6) is 17.2 Å². The minimum atomic E-state index is 0.723. The molecule has 0 radical (unpaired) electrons. The molecule has 0 atom stereocenters. The molecule has 1 aliphatic heterocycles. The van der Waals surface area contributed by atoms with Crippen LogP contribution in [0.2, 0.25) is 0 Å². The molecule has 0 bridgehead atoms. The first kappa shape index (κ1) is 16.5. The van der Waals surface area contributed by atoms with Crippen LogP contribution in [0.3, 0.4) is 0 Å². The smallest absolute Gasteiger partial charge is 0.130 e. The Kier molecular flexibility index (Phi) is 4.85. The molecule has 3 rings (SSSR count). The van der Waals surface area contributed by atoms with E-state index >= 15 is 0 Å². The molecule has 1 aliphatic rings. The van der Waals surface area contributed by atoms with E-state index in [2.05, 4.69) is 14.9 Å². The van der Waals surface area contributed by atoms with Crippen LogP contribution >= 0.6 is 0 Å². The van der Waals surface area contributed by atoms with Gasteiger partial charge in [0.05, 0.1) is 26.9 Å². The molecule has 0 saturated carbocycles. The van der Waals surface area contributed by atoms with E-state index in [4.69, 9.17) is 14.2 Å². The molecule has 0 fully saturated rings. The molecule has 0 unspecified atom stereocenters. The van der Waals surface area contributed by atoms with Gasteiger partial charge in [0, 0.05) is 55.6 Å². The number of hydrogen-bond donors (Lipinski definition) is 0. The fourth-order valence-electron chi connectivity index (χ4n) is 3.07. The molecule has 1 aromatic carbocycles. The summed E-state index contributed by atoms with van der Waals surface area (Å²) < 4.78 is 16.4. The zero-order valence-corrected chi connectivity index (χ0v) is 14.6. The predicted molar refractivity (Wildman–Crippen MR) is 90.7 cm³/mol. The van der Waals surface area contributed by atoms with E-state index in [9.17, 15) is 0 Å². The minimum absolute atomic E-state index is 0.723. The van der Waals surface area contributed by atoms with Crippen LogP contribution in [0.4, 0.5) is 0 Å². The average molecular weight is 329 g/mol. The molecule has 0 spiro atoms. The summed E-state index contributed by atoms with van der Waals surface area (Å²) in [5.41, 5.74) is 3.38. The third-order valence-electron chi connectivity index (χ3n) is 4.33. The Labute approximate surface area is 142 Å². The Balaban J connectivity index is 1.85. The van der Waals surface area contributed by atoms with Crippen LogP contribution in [0, 0.1) is 6.92 Å². The summed E-state index contributed by atoms with van der Waals surface area (Å²) in [7, 11) is 4.97. The highest BCUT2D eigenvalue weighted by molar-refractivity contribution is 5.50. The van der Waals surface area contributed by atoms with E-state index in [-0.39, 0.29) is 0 Å². The lowest BCUT2D eigenvalue weighted by Crippen LogP contribution is -2.31. The van der Waals surface area contributed by atoms with Crippen LogP contribution in [-0.4, -0.2) is 42.7 Å². The number of nitrogens with zero attached hydrogens (tertiary/aromatic N) is 3. The molecule has 0 aliphatic carbocycles. The largest absolute Gasteiger partial charge is 0.496 e. The summed E-state index contributed by atoms with van der Waals surface area (Å²) in [6.45, 7) is 4.44. The molecule has 24 heavy (non-hydrogen) atoms. The molecule has 128 valence electrons. The standard InChI is InChI=1S/C18H23N3O3/c1-12-19-9-13-10-21(6-5-16(13)20-12)11-15-17(23-3)7-14(22-2)8-18(15)24-4/h7-9H,5-6,10-11H2,1-4H3. The molecule has 1 aromatic heterocycles. The minimum Gasteiger partial charge on any atom is -0.496 e. The predicted octanol–water partition coefficient (Wildman–Crippen LogP) is 2.37. The maximum Gasteiger partial charge on any atom is 0.130 e. The molecule has 0 amide bonds. The van der Waals surface area contributed by atoms with E-state index in [0.717, 1.165) is 60.4 Å². The Morgan fingerprint density at radius 3 is 2.42 bits per heavy atom. The monoisotopic (exact) mass is 329 g/mol. The number of ether oxygens (including phenoxy) is 3. The number of hydrogen-bond acceptors (Lipinski definition) is 6. The van der Waals surface area contributed by atoms with Crippen molar-refractivity contribution in [3.05, 3.63) is 41.0 Å². The van der Waals surface area contributed by atoms with E-state index in [1.54, 1.807) is 21.3 Å². The van der Waals surface area contributed by atoms with Crippen LogP contribution in [0.1, 0.15) is 22.6 Å². The highest BCUT2D eigenvalue weighted by atomic mass is 16.5. The van der Waals surface area contributed by atoms with Crippen molar-refractivity contribution >= 4 is 0 Å². The average Bonchev–Trinajstić information content (AvgIpc) is 2.61. The van der Waals surface area contributed by atoms with E-state index < -0.39 is 0 Å². The number of benzene rings is 1. The maximum absolute atomic E-state index is 5.55. The van der Waals surface area contributed by atoms with Crippen molar-refractivity contribution in [1.29, 1.82) is 0 Å². The van der Waals surface area contributed by atoms with Crippen molar-refractivity contribution < 1.29 is 14.2 Å². The van der Waals surface area contributed by atoms with Gasteiger partial charge in [0.25, 0.3) is 0 Å². The lowest BCUT2D eigenvalue weighted by molar-refractivity contribution is 0.234. The maximum atomic E-state index is 5.55. The summed E-state index contributed by atoms with van der Waals surface area (Å²) >= 11 is 0. The van der Waals surface area contributed by atoms with Crippen molar-refractivity contribution in [2.75, 3.05) is 27.9 Å². The summed E-state index contributed by atoms with van der Waals surface area (Å²) in [4.78, 5) is 11.2. The summed E-state index contributed by atoms with van der Waals surface area (Å²) in [5, 5.41) is 0. The lowest BCUT2D eigenvalue weighted by Gasteiger charge is -2.29. The fraction of sp³-hybridized carbons (Fsp3) is 0.444. The second-order valence-corrected chi connectivity index (χ2v) is 5.86. The van der Waals surface area contributed by atoms with Crippen LogP contribution < -0.4 is 14.2 Å². The van der Waals surface area contributed by atoms with Crippen molar-refractivity contribution in [3.63, 3.8) is 0 Å². The summed E-state index contributed by atoms with van der Waals surface area (Å²) in [5.74, 6) is 3.11. The molecule has 6 heteroatoms. The molecular formula is C18H23N3O3. The highest BCUT2D eigenvalue weighted by Gasteiger charge is 2.21. The lowest BCUT2D eigenvalue weighted by atomic mass is 10.1. The number of methoxy groups -OCH3 is 3. The second kappa shape index (κ2) is 7.05. The van der Waals surface area contributed by atoms with Gasteiger partial charge in [0.15, 0.2) is 0 Å². The SMILES string of the molecule is COc1cc(OC)c(CN2CCc3nc(C)ncc3C2)c(OC)c1. The summed E-state index contributed by atoms with van der Waals surface area (Å²) in [6, 6.07) is 3.78.